The first kappa shape index (κ1) is 18.2. The lowest BCUT2D eigenvalue weighted by molar-refractivity contribution is -0.117. The second-order valence-electron chi connectivity index (χ2n) is 6.93. The van der Waals surface area contributed by atoms with E-state index < -0.39 is 11.7 Å². The van der Waals surface area contributed by atoms with E-state index in [0.29, 0.717) is 28.5 Å². The van der Waals surface area contributed by atoms with Crippen molar-refractivity contribution in [2.24, 2.45) is 0 Å². The summed E-state index contributed by atoms with van der Waals surface area (Å²) in [6.45, 7) is 6.84. The first-order chi connectivity index (χ1) is 12.2. The topological polar surface area (TPSA) is 97.0 Å². The first-order valence-corrected chi connectivity index (χ1v) is 8.57. The number of hydrogen-bond donors (Lipinski definition) is 2. The minimum atomic E-state index is -0.639. The predicted octanol–water partition coefficient (Wildman–Crippen LogP) is 2.76. The highest BCUT2D eigenvalue weighted by molar-refractivity contribution is 5.98. The average molecular weight is 358 g/mol. The van der Waals surface area contributed by atoms with Crippen LogP contribution < -0.4 is 5.63 Å². The van der Waals surface area contributed by atoms with Crippen molar-refractivity contribution in [1.29, 1.82) is 0 Å². The van der Waals surface area contributed by atoms with Gasteiger partial charge in [0.25, 0.3) is 0 Å². The van der Waals surface area contributed by atoms with Gasteiger partial charge in [-0.05, 0) is 51.3 Å². The third-order valence-corrected chi connectivity index (χ3v) is 4.65. The Kier molecular flexibility index (Phi) is 4.63. The summed E-state index contributed by atoms with van der Waals surface area (Å²) in [4.78, 5) is 24.3. The summed E-state index contributed by atoms with van der Waals surface area (Å²) in [6.07, 6.45) is 0.909. The van der Waals surface area contributed by atoms with Gasteiger partial charge in [0.15, 0.2) is 5.78 Å². The lowest BCUT2D eigenvalue weighted by Gasteiger charge is -2.21. The van der Waals surface area contributed by atoms with Crippen molar-refractivity contribution in [2.45, 2.75) is 52.7 Å². The summed E-state index contributed by atoms with van der Waals surface area (Å²) in [5.41, 5.74) is 1.57. The van der Waals surface area contributed by atoms with Gasteiger partial charge in [-0.3, -0.25) is 4.79 Å². The number of carbonyl (C=O) groups is 1. The molecule has 3 rings (SSSR count). The number of aryl methyl sites for hydroxylation is 1. The van der Waals surface area contributed by atoms with Gasteiger partial charge in [-0.2, -0.15) is 0 Å². The Labute approximate surface area is 150 Å². The first-order valence-electron chi connectivity index (χ1n) is 8.57. The van der Waals surface area contributed by atoms with E-state index in [9.17, 15) is 19.8 Å². The van der Waals surface area contributed by atoms with Crippen LogP contribution in [0, 0.1) is 13.8 Å². The number of phenolic OH excluding ortho intramolecular Hbond substituents is 1. The summed E-state index contributed by atoms with van der Waals surface area (Å²) in [5, 5.41) is 20.8. The Morgan fingerprint density at radius 1 is 1.27 bits per heavy atom. The fourth-order valence-corrected chi connectivity index (χ4v) is 3.36. The van der Waals surface area contributed by atoms with Crippen LogP contribution >= 0.6 is 0 Å². The number of fused-ring (bicyclic) bond motifs is 1. The van der Waals surface area contributed by atoms with Crippen LogP contribution in [0.25, 0.3) is 16.7 Å². The molecule has 0 bridgehead atoms. The molecule has 0 amide bonds. The van der Waals surface area contributed by atoms with Crippen LogP contribution in [0.15, 0.2) is 21.4 Å². The normalized spacial score (nSPS) is 18.6. The maximum atomic E-state index is 12.5. The van der Waals surface area contributed by atoms with Gasteiger partial charge < -0.3 is 19.4 Å². The lowest BCUT2D eigenvalue weighted by Crippen LogP contribution is -2.21. The Morgan fingerprint density at radius 3 is 2.58 bits per heavy atom. The zero-order valence-electron chi connectivity index (χ0n) is 15.3. The molecule has 1 aromatic carbocycles. The Morgan fingerprint density at radius 2 is 1.96 bits per heavy atom. The van der Waals surface area contributed by atoms with E-state index in [4.69, 9.17) is 9.15 Å². The van der Waals surface area contributed by atoms with Crippen molar-refractivity contribution in [3.63, 3.8) is 0 Å². The van der Waals surface area contributed by atoms with Crippen LogP contribution in [0.2, 0.25) is 0 Å². The lowest BCUT2D eigenvalue weighted by atomic mass is 9.93. The van der Waals surface area contributed by atoms with Crippen LogP contribution in [-0.2, 0) is 16.0 Å². The molecule has 0 saturated carbocycles. The van der Waals surface area contributed by atoms with Crippen LogP contribution in [-0.4, -0.2) is 28.2 Å². The van der Waals surface area contributed by atoms with E-state index in [1.165, 1.54) is 6.08 Å². The van der Waals surface area contributed by atoms with Gasteiger partial charge in [-0.25, -0.2) is 4.79 Å². The molecule has 1 aliphatic rings. The summed E-state index contributed by atoms with van der Waals surface area (Å²) in [7, 11) is 0. The van der Waals surface area contributed by atoms with Crippen LogP contribution in [0.3, 0.4) is 0 Å². The molecular weight excluding hydrogens is 336 g/mol. The van der Waals surface area contributed by atoms with Crippen molar-refractivity contribution in [3.8, 4) is 5.75 Å². The van der Waals surface area contributed by atoms with Crippen LogP contribution in [0.1, 0.15) is 42.5 Å². The molecule has 1 aromatic heterocycles. The van der Waals surface area contributed by atoms with Crippen molar-refractivity contribution >= 4 is 22.5 Å². The van der Waals surface area contributed by atoms with Crippen LogP contribution in [0.5, 0.6) is 5.75 Å². The van der Waals surface area contributed by atoms with Crippen molar-refractivity contribution < 1.29 is 24.2 Å². The molecule has 26 heavy (non-hydrogen) atoms. The maximum absolute atomic E-state index is 12.5. The third-order valence-electron chi connectivity index (χ3n) is 4.65. The number of ether oxygens (including phenoxy) is 1. The molecule has 0 radical (unpaired) electrons. The maximum Gasteiger partial charge on any atom is 0.347 e. The number of carbonyl (C=O) groups excluding carboxylic acids is 1. The molecule has 6 heteroatoms. The average Bonchev–Trinajstić information content (AvgIpc) is 2.55. The fourth-order valence-electron chi connectivity index (χ4n) is 3.36. The number of allylic oxidation sites excluding steroid dienone is 1. The molecule has 2 heterocycles. The van der Waals surface area contributed by atoms with Crippen molar-refractivity contribution in [2.75, 3.05) is 0 Å². The van der Waals surface area contributed by atoms with Gasteiger partial charge in [-0.15, -0.1) is 0 Å². The van der Waals surface area contributed by atoms with Crippen molar-refractivity contribution in [3.05, 3.63) is 44.8 Å². The van der Waals surface area contributed by atoms with E-state index in [2.05, 4.69) is 0 Å². The number of rotatable bonds is 3. The smallest absolute Gasteiger partial charge is 0.347 e. The fraction of sp³-hybridized carbons (Fsp3) is 0.400. The molecule has 6 nitrogen and oxygen atoms in total. The van der Waals surface area contributed by atoms with Crippen molar-refractivity contribution in [1.82, 2.24) is 0 Å². The highest BCUT2D eigenvalue weighted by Crippen LogP contribution is 2.36. The standard InChI is InChI=1S/C20H22O6/c1-9(21)5-14-11(3)18(23)12(4)19-15(14)8-16(20(24)26-19)17-7-13(22)6-10(2)25-17/h7-10,21,23H,5-6H2,1-4H3/t9-,10+/m0/s1. The molecule has 0 saturated heterocycles. The number of phenols is 1. The predicted molar refractivity (Wildman–Crippen MR) is 97.2 cm³/mol. The SMILES string of the molecule is Cc1c(O)c(C)c2oc(=O)c(C3=CC(=O)C[C@@H](C)O3)cc2c1C[C@H](C)O. The van der Waals surface area contributed by atoms with E-state index in [1.807, 2.05) is 0 Å². The number of aliphatic hydroxyl groups is 1. The highest BCUT2D eigenvalue weighted by atomic mass is 16.5. The minimum Gasteiger partial charge on any atom is -0.507 e. The van der Waals surface area contributed by atoms with E-state index in [0.717, 1.165) is 0 Å². The Bertz CT molecular complexity index is 980. The Hall–Kier alpha value is -2.60. The number of aliphatic hydroxyl groups excluding tert-OH is 1. The van der Waals surface area contributed by atoms with Gasteiger partial charge in [0, 0.05) is 23.4 Å². The molecule has 0 spiro atoms. The number of hydrogen-bond acceptors (Lipinski definition) is 6. The minimum absolute atomic E-state index is 0.0426. The Balaban J connectivity index is 2.31. The molecule has 1 aliphatic heterocycles. The zero-order chi connectivity index (χ0) is 19.2. The molecule has 0 aliphatic carbocycles. The summed E-state index contributed by atoms with van der Waals surface area (Å²) < 4.78 is 11.1. The van der Waals surface area contributed by atoms with Gasteiger partial charge in [-0.1, -0.05) is 0 Å². The van der Waals surface area contributed by atoms with Gasteiger partial charge in [0.1, 0.15) is 28.8 Å². The van der Waals surface area contributed by atoms with Gasteiger partial charge in [0.05, 0.1) is 6.10 Å². The molecule has 2 N–H and O–H groups in total. The molecule has 0 unspecified atom stereocenters. The summed E-state index contributed by atoms with van der Waals surface area (Å²) in [6, 6.07) is 1.62. The monoisotopic (exact) mass is 358 g/mol. The summed E-state index contributed by atoms with van der Waals surface area (Å²) in [5.74, 6) is 0.122. The molecule has 2 aromatic rings. The quantitative estimate of drug-likeness (QED) is 0.819. The van der Waals surface area contributed by atoms with Gasteiger partial charge >= 0.3 is 5.63 Å². The zero-order valence-corrected chi connectivity index (χ0v) is 15.3. The van der Waals surface area contributed by atoms with E-state index in [-0.39, 0.29) is 41.0 Å². The van der Waals surface area contributed by atoms with Crippen LogP contribution in [0.4, 0.5) is 0 Å². The van der Waals surface area contributed by atoms with E-state index >= 15 is 0 Å². The summed E-state index contributed by atoms with van der Waals surface area (Å²) >= 11 is 0. The second-order valence-corrected chi connectivity index (χ2v) is 6.93. The number of ketones is 1. The largest absolute Gasteiger partial charge is 0.507 e. The van der Waals surface area contributed by atoms with E-state index in [1.54, 1.807) is 33.8 Å². The third kappa shape index (κ3) is 3.12. The molecule has 138 valence electrons. The molecule has 0 fully saturated rings. The molecular formula is C20H22O6. The number of benzene rings is 1. The molecule has 2 atom stereocenters. The highest BCUT2D eigenvalue weighted by Gasteiger charge is 2.24. The van der Waals surface area contributed by atoms with Gasteiger partial charge in [0.2, 0.25) is 0 Å². The second kappa shape index (κ2) is 6.61. The number of aromatic hydroxyl groups is 1.